The fourth-order valence-corrected chi connectivity index (χ4v) is 3.47. The molecule has 0 amide bonds. The zero-order chi connectivity index (χ0) is 17.4. The Kier molecular flexibility index (Phi) is 3.90. The molecule has 1 aromatic heterocycles. The van der Waals surface area contributed by atoms with Gasteiger partial charge in [0.15, 0.2) is 0 Å². The monoisotopic (exact) mass is 345 g/mol. The molecule has 3 heteroatoms. The third-order valence-electron chi connectivity index (χ3n) is 4.48. The van der Waals surface area contributed by atoms with E-state index in [1.54, 1.807) is 11.6 Å². The lowest BCUT2D eigenvalue weighted by atomic mass is 9.92. The van der Waals surface area contributed by atoms with Gasteiger partial charge in [0.25, 0.3) is 5.56 Å². The molecule has 0 spiro atoms. The number of hydrogen-bond donors (Lipinski definition) is 0. The molecule has 0 fully saturated rings. The molecule has 0 aliphatic heterocycles. The summed E-state index contributed by atoms with van der Waals surface area (Å²) < 4.78 is 1.69. The van der Waals surface area contributed by atoms with E-state index in [1.807, 2.05) is 78.9 Å². The predicted octanol–water partition coefficient (Wildman–Crippen LogP) is 5.53. The smallest absolute Gasteiger partial charge is 0.259 e. The van der Waals surface area contributed by atoms with Crippen molar-refractivity contribution < 1.29 is 0 Å². The molecule has 3 aromatic carbocycles. The predicted molar refractivity (Wildman–Crippen MR) is 105 cm³/mol. The first-order chi connectivity index (χ1) is 12.2. The summed E-state index contributed by atoms with van der Waals surface area (Å²) in [5, 5.41) is 1.63. The number of rotatable bonds is 2. The van der Waals surface area contributed by atoms with Crippen molar-refractivity contribution in [1.29, 1.82) is 0 Å². The molecule has 4 aromatic rings. The number of hydrogen-bond acceptors (Lipinski definition) is 1. The Hall–Kier alpha value is -2.84. The van der Waals surface area contributed by atoms with Crippen LogP contribution in [0.5, 0.6) is 0 Å². The number of fused-ring (bicyclic) bond motifs is 1. The van der Waals surface area contributed by atoms with Crippen LogP contribution < -0.4 is 5.56 Å². The van der Waals surface area contributed by atoms with Crippen LogP contribution in [0.1, 0.15) is 0 Å². The fourth-order valence-electron chi connectivity index (χ4n) is 3.30. The minimum absolute atomic E-state index is 0.0140. The van der Waals surface area contributed by atoms with E-state index >= 15 is 0 Å². The number of benzene rings is 3. The van der Waals surface area contributed by atoms with E-state index in [2.05, 4.69) is 0 Å². The number of aromatic nitrogens is 1. The first-order valence-corrected chi connectivity index (χ1v) is 8.47. The van der Waals surface area contributed by atoms with Gasteiger partial charge in [-0.2, -0.15) is 0 Å². The molecule has 0 aliphatic rings. The lowest BCUT2D eigenvalue weighted by Crippen LogP contribution is -2.20. The van der Waals surface area contributed by atoms with Crippen molar-refractivity contribution in [3.8, 4) is 22.3 Å². The lowest BCUT2D eigenvalue weighted by Gasteiger charge is -2.16. The fraction of sp³-hybridized carbons (Fsp3) is 0.0455. The molecule has 0 unspecified atom stereocenters. The van der Waals surface area contributed by atoms with E-state index in [0.29, 0.717) is 10.6 Å². The second kappa shape index (κ2) is 6.23. The SMILES string of the molecule is Cn1c(=O)c(-c2ccccc2)c(-c2ccccc2)c2cc(Cl)ccc21. The summed E-state index contributed by atoms with van der Waals surface area (Å²) >= 11 is 6.28. The Balaban J connectivity index is 2.24. The average Bonchev–Trinajstić information content (AvgIpc) is 2.65. The van der Waals surface area contributed by atoms with Gasteiger partial charge in [0, 0.05) is 23.0 Å². The van der Waals surface area contributed by atoms with Gasteiger partial charge < -0.3 is 4.57 Å². The molecule has 0 aliphatic carbocycles. The summed E-state index contributed by atoms with van der Waals surface area (Å²) in [6.07, 6.45) is 0. The molecule has 2 nitrogen and oxygen atoms in total. The maximum atomic E-state index is 13.2. The summed E-state index contributed by atoms with van der Waals surface area (Å²) in [7, 11) is 1.81. The van der Waals surface area contributed by atoms with Crippen molar-refractivity contribution in [1.82, 2.24) is 4.57 Å². The van der Waals surface area contributed by atoms with Crippen LogP contribution >= 0.6 is 11.6 Å². The van der Waals surface area contributed by atoms with E-state index in [-0.39, 0.29) is 5.56 Å². The van der Waals surface area contributed by atoms with Gasteiger partial charge in [-0.3, -0.25) is 4.79 Å². The number of pyridine rings is 1. The maximum absolute atomic E-state index is 13.2. The first-order valence-electron chi connectivity index (χ1n) is 8.10. The van der Waals surface area contributed by atoms with Crippen molar-refractivity contribution in [3.63, 3.8) is 0 Å². The van der Waals surface area contributed by atoms with Crippen LogP contribution in [0.25, 0.3) is 33.2 Å². The minimum atomic E-state index is -0.0140. The molecule has 0 N–H and O–H groups in total. The van der Waals surface area contributed by atoms with E-state index in [0.717, 1.165) is 27.6 Å². The summed E-state index contributed by atoms with van der Waals surface area (Å²) in [6.45, 7) is 0. The van der Waals surface area contributed by atoms with Gasteiger partial charge in [-0.25, -0.2) is 0 Å². The van der Waals surface area contributed by atoms with Crippen molar-refractivity contribution >= 4 is 22.5 Å². The standard InChI is InChI=1S/C22H16ClNO/c1-24-19-13-12-17(23)14-18(19)20(15-8-4-2-5-9-15)21(22(24)25)16-10-6-3-7-11-16/h2-14H,1H3. The molecule has 0 atom stereocenters. The van der Waals surface area contributed by atoms with Gasteiger partial charge in [0.05, 0.1) is 11.1 Å². The molecule has 0 radical (unpaired) electrons. The molecule has 0 bridgehead atoms. The highest BCUT2D eigenvalue weighted by molar-refractivity contribution is 6.31. The Morgan fingerprint density at radius 3 is 1.92 bits per heavy atom. The molecule has 1 heterocycles. The first kappa shape index (κ1) is 15.7. The van der Waals surface area contributed by atoms with Crippen LogP contribution in [0.3, 0.4) is 0 Å². The Bertz CT molecular complexity index is 1120. The molecule has 25 heavy (non-hydrogen) atoms. The normalized spacial score (nSPS) is 11.0. The number of nitrogens with zero attached hydrogens (tertiary/aromatic N) is 1. The number of halogens is 1. The Labute approximate surface area is 150 Å². The molecular formula is C22H16ClNO. The molecule has 0 saturated heterocycles. The van der Waals surface area contributed by atoms with E-state index < -0.39 is 0 Å². The van der Waals surface area contributed by atoms with Crippen LogP contribution in [0.2, 0.25) is 5.02 Å². The van der Waals surface area contributed by atoms with Gasteiger partial charge in [-0.15, -0.1) is 0 Å². The van der Waals surface area contributed by atoms with Crippen molar-refractivity contribution in [2.24, 2.45) is 7.05 Å². The second-order valence-corrected chi connectivity index (χ2v) is 6.44. The highest BCUT2D eigenvalue weighted by Crippen LogP contribution is 2.36. The van der Waals surface area contributed by atoms with Gasteiger partial charge in [-0.05, 0) is 29.3 Å². The molecule has 0 saturated carbocycles. The van der Waals surface area contributed by atoms with Crippen molar-refractivity contribution in [2.45, 2.75) is 0 Å². The Morgan fingerprint density at radius 2 is 1.32 bits per heavy atom. The lowest BCUT2D eigenvalue weighted by molar-refractivity contribution is 0.909. The molecule has 122 valence electrons. The van der Waals surface area contributed by atoms with Crippen molar-refractivity contribution in [3.05, 3.63) is 94.2 Å². The third kappa shape index (κ3) is 2.65. The van der Waals surface area contributed by atoms with Crippen molar-refractivity contribution in [2.75, 3.05) is 0 Å². The largest absolute Gasteiger partial charge is 0.311 e. The van der Waals surface area contributed by atoms with Crippen LogP contribution in [0.4, 0.5) is 0 Å². The Morgan fingerprint density at radius 1 is 0.760 bits per heavy atom. The summed E-state index contributed by atoms with van der Waals surface area (Å²) in [4.78, 5) is 13.2. The second-order valence-electron chi connectivity index (χ2n) is 6.01. The van der Waals surface area contributed by atoms with E-state index in [9.17, 15) is 4.79 Å². The van der Waals surface area contributed by atoms with Gasteiger partial charge in [0.2, 0.25) is 0 Å². The van der Waals surface area contributed by atoms with E-state index in [1.165, 1.54) is 0 Å². The number of aryl methyl sites for hydroxylation is 1. The zero-order valence-corrected chi connectivity index (χ0v) is 14.5. The summed E-state index contributed by atoms with van der Waals surface area (Å²) in [5.41, 5.74) is 4.39. The minimum Gasteiger partial charge on any atom is -0.311 e. The summed E-state index contributed by atoms with van der Waals surface area (Å²) in [5.74, 6) is 0. The molecular weight excluding hydrogens is 330 g/mol. The maximum Gasteiger partial charge on any atom is 0.259 e. The van der Waals surface area contributed by atoms with Gasteiger partial charge in [0.1, 0.15) is 0 Å². The topological polar surface area (TPSA) is 22.0 Å². The van der Waals surface area contributed by atoms with Gasteiger partial charge in [-0.1, -0.05) is 72.3 Å². The van der Waals surface area contributed by atoms with Crippen LogP contribution in [0, 0.1) is 0 Å². The quantitative estimate of drug-likeness (QED) is 0.468. The highest BCUT2D eigenvalue weighted by Gasteiger charge is 2.18. The van der Waals surface area contributed by atoms with E-state index in [4.69, 9.17) is 11.6 Å². The molecule has 4 rings (SSSR count). The summed E-state index contributed by atoms with van der Waals surface area (Å²) in [6, 6.07) is 25.5. The average molecular weight is 346 g/mol. The highest BCUT2D eigenvalue weighted by atomic mass is 35.5. The third-order valence-corrected chi connectivity index (χ3v) is 4.72. The van der Waals surface area contributed by atoms with Crippen LogP contribution in [0.15, 0.2) is 83.7 Å². The zero-order valence-electron chi connectivity index (χ0n) is 13.7. The van der Waals surface area contributed by atoms with Crippen LogP contribution in [-0.2, 0) is 7.05 Å². The van der Waals surface area contributed by atoms with Crippen LogP contribution in [-0.4, -0.2) is 4.57 Å². The van der Waals surface area contributed by atoms with Gasteiger partial charge >= 0.3 is 0 Å².